The molecular formula is C24H22N2O4S. The lowest BCUT2D eigenvalue weighted by molar-refractivity contribution is -0.143. The molecule has 6 nitrogen and oxygen atoms in total. The van der Waals surface area contributed by atoms with Gasteiger partial charge < -0.3 is 14.0 Å². The number of hydrogen-bond acceptors (Lipinski definition) is 5. The molecule has 0 aliphatic carbocycles. The van der Waals surface area contributed by atoms with Gasteiger partial charge in [0.25, 0.3) is 5.91 Å². The van der Waals surface area contributed by atoms with E-state index in [1.165, 1.54) is 11.3 Å². The van der Waals surface area contributed by atoms with Gasteiger partial charge in [-0.2, -0.15) is 4.99 Å². The summed E-state index contributed by atoms with van der Waals surface area (Å²) in [7, 11) is 0. The van der Waals surface area contributed by atoms with Crippen LogP contribution in [-0.4, -0.2) is 29.7 Å². The molecule has 0 bridgehead atoms. The lowest BCUT2D eigenvalue weighted by atomic mass is 10.1. The molecule has 1 heterocycles. The fourth-order valence-corrected chi connectivity index (χ4v) is 4.55. The summed E-state index contributed by atoms with van der Waals surface area (Å²) in [6.07, 6.45) is 0. The molecule has 0 fully saturated rings. The molecule has 0 atom stereocenters. The topological polar surface area (TPSA) is 69.9 Å². The molecular weight excluding hydrogens is 412 g/mol. The van der Waals surface area contributed by atoms with Crippen LogP contribution >= 0.6 is 11.3 Å². The van der Waals surface area contributed by atoms with E-state index in [4.69, 9.17) is 9.47 Å². The third-order valence-corrected chi connectivity index (χ3v) is 5.90. The van der Waals surface area contributed by atoms with Gasteiger partial charge in [-0.25, -0.2) is 0 Å². The summed E-state index contributed by atoms with van der Waals surface area (Å²) in [6.45, 7) is 4.51. The zero-order chi connectivity index (χ0) is 21.8. The van der Waals surface area contributed by atoms with Crippen LogP contribution in [0, 0.1) is 0 Å². The zero-order valence-corrected chi connectivity index (χ0v) is 18.1. The molecule has 0 N–H and O–H groups in total. The van der Waals surface area contributed by atoms with Crippen LogP contribution in [0.4, 0.5) is 0 Å². The molecule has 4 rings (SSSR count). The Bertz CT molecular complexity index is 1320. The van der Waals surface area contributed by atoms with Crippen LogP contribution in [-0.2, 0) is 16.1 Å². The minimum absolute atomic E-state index is 0.0123. The first kappa shape index (κ1) is 20.8. The first-order valence-corrected chi connectivity index (χ1v) is 10.9. The summed E-state index contributed by atoms with van der Waals surface area (Å²) in [6, 6.07) is 18.8. The Labute approximate surface area is 183 Å². The van der Waals surface area contributed by atoms with E-state index in [0.29, 0.717) is 29.3 Å². The number of rotatable bonds is 6. The number of hydrogen-bond donors (Lipinski definition) is 0. The molecule has 0 aliphatic rings. The molecule has 0 saturated carbocycles. The summed E-state index contributed by atoms with van der Waals surface area (Å²) in [5, 5.41) is 2.14. The van der Waals surface area contributed by atoms with Crippen molar-refractivity contribution in [1.82, 2.24) is 4.57 Å². The van der Waals surface area contributed by atoms with Crippen LogP contribution in [0.2, 0.25) is 0 Å². The number of esters is 1. The fraction of sp³-hybridized carbons (Fsp3) is 0.208. The maximum Gasteiger partial charge on any atom is 0.326 e. The van der Waals surface area contributed by atoms with Gasteiger partial charge in [-0.1, -0.05) is 41.7 Å². The van der Waals surface area contributed by atoms with Crippen molar-refractivity contribution in [3.05, 3.63) is 71.0 Å². The summed E-state index contributed by atoms with van der Waals surface area (Å²) in [5.41, 5.74) is 1.29. The first-order chi connectivity index (χ1) is 15.1. The molecule has 7 heteroatoms. The Morgan fingerprint density at radius 1 is 0.968 bits per heavy atom. The van der Waals surface area contributed by atoms with Gasteiger partial charge in [-0.3, -0.25) is 9.59 Å². The van der Waals surface area contributed by atoms with Crippen LogP contribution < -0.4 is 9.54 Å². The number of ether oxygens (including phenoxy) is 2. The van der Waals surface area contributed by atoms with Crippen molar-refractivity contribution in [3.8, 4) is 5.75 Å². The van der Waals surface area contributed by atoms with Gasteiger partial charge in [-0.05, 0) is 49.6 Å². The molecule has 0 aliphatic heterocycles. The van der Waals surface area contributed by atoms with E-state index < -0.39 is 0 Å². The first-order valence-electron chi connectivity index (χ1n) is 10.1. The second kappa shape index (κ2) is 9.14. The van der Waals surface area contributed by atoms with Crippen molar-refractivity contribution >= 4 is 44.2 Å². The second-order valence-corrected chi connectivity index (χ2v) is 7.76. The smallest absolute Gasteiger partial charge is 0.326 e. The average molecular weight is 435 g/mol. The SMILES string of the molecule is CCOC(=O)Cn1c(=NC(=O)c2ccc(OCC)cc2)sc2c3ccccc3ccc21. The third-order valence-electron chi connectivity index (χ3n) is 4.78. The van der Waals surface area contributed by atoms with Crippen LogP contribution in [0.25, 0.3) is 21.0 Å². The predicted octanol–water partition coefficient (Wildman–Crippen LogP) is 4.56. The van der Waals surface area contributed by atoms with E-state index in [1.807, 2.05) is 43.3 Å². The van der Waals surface area contributed by atoms with Crippen LogP contribution in [0.1, 0.15) is 24.2 Å². The Kier molecular flexibility index (Phi) is 6.13. The summed E-state index contributed by atoms with van der Waals surface area (Å²) in [5.74, 6) is -0.0494. The van der Waals surface area contributed by atoms with Crippen molar-refractivity contribution < 1.29 is 19.1 Å². The second-order valence-electron chi connectivity index (χ2n) is 6.79. The monoisotopic (exact) mass is 434 g/mol. The van der Waals surface area contributed by atoms with Gasteiger partial charge in [0.05, 0.1) is 23.4 Å². The lowest BCUT2D eigenvalue weighted by Crippen LogP contribution is -2.23. The minimum Gasteiger partial charge on any atom is -0.494 e. The highest BCUT2D eigenvalue weighted by Crippen LogP contribution is 2.27. The van der Waals surface area contributed by atoms with Crippen molar-refractivity contribution in [2.24, 2.45) is 4.99 Å². The number of thiazole rings is 1. The normalized spacial score (nSPS) is 11.7. The molecule has 4 aromatic rings. The highest BCUT2D eigenvalue weighted by molar-refractivity contribution is 7.17. The number of carbonyl (C=O) groups excluding carboxylic acids is 2. The number of amides is 1. The largest absolute Gasteiger partial charge is 0.494 e. The maximum absolute atomic E-state index is 12.9. The highest BCUT2D eigenvalue weighted by atomic mass is 32.1. The van der Waals surface area contributed by atoms with Crippen LogP contribution in [0.3, 0.4) is 0 Å². The molecule has 3 aromatic carbocycles. The highest BCUT2D eigenvalue weighted by Gasteiger charge is 2.14. The number of carbonyl (C=O) groups is 2. The van der Waals surface area contributed by atoms with Crippen LogP contribution in [0.5, 0.6) is 5.75 Å². The molecule has 1 amide bonds. The Morgan fingerprint density at radius 2 is 1.74 bits per heavy atom. The Hall–Kier alpha value is -3.45. The van der Waals surface area contributed by atoms with E-state index in [1.54, 1.807) is 35.8 Å². The molecule has 158 valence electrons. The number of nitrogens with zero attached hydrogens (tertiary/aromatic N) is 2. The van der Waals surface area contributed by atoms with E-state index in [0.717, 1.165) is 21.0 Å². The number of fused-ring (bicyclic) bond motifs is 3. The van der Waals surface area contributed by atoms with E-state index in [9.17, 15) is 9.59 Å². The number of benzene rings is 3. The predicted molar refractivity (Wildman–Crippen MR) is 121 cm³/mol. The van der Waals surface area contributed by atoms with Gasteiger partial charge in [0.1, 0.15) is 12.3 Å². The van der Waals surface area contributed by atoms with Crippen molar-refractivity contribution in [2.75, 3.05) is 13.2 Å². The fourth-order valence-electron chi connectivity index (χ4n) is 3.38. The average Bonchev–Trinajstić information content (AvgIpc) is 3.12. The Morgan fingerprint density at radius 3 is 2.48 bits per heavy atom. The molecule has 0 radical (unpaired) electrons. The molecule has 0 spiro atoms. The molecule has 0 saturated heterocycles. The molecule has 0 unspecified atom stereocenters. The standard InChI is InChI=1S/C24H22N2O4S/c1-3-29-18-12-9-17(10-13-18)23(28)25-24-26(15-21(27)30-4-2)20-14-11-16-7-5-6-8-19(16)22(20)31-24/h5-14H,3-4,15H2,1-2H3. The number of aromatic nitrogens is 1. The van der Waals surface area contributed by atoms with E-state index in [2.05, 4.69) is 4.99 Å². The van der Waals surface area contributed by atoms with Crippen molar-refractivity contribution in [3.63, 3.8) is 0 Å². The lowest BCUT2D eigenvalue weighted by Gasteiger charge is -2.06. The van der Waals surface area contributed by atoms with Gasteiger partial charge >= 0.3 is 5.97 Å². The van der Waals surface area contributed by atoms with Gasteiger partial charge in [-0.15, -0.1) is 0 Å². The summed E-state index contributed by atoms with van der Waals surface area (Å²) < 4.78 is 13.3. The van der Waals surface area contributed by atoms with Gasteiger partial charge in [0, 0.05) is 10.9 Å². The van der Waals surface area contributed by atoms with Gasteiger partial charge in [0.2, 0.25) is 0 Å². The van der Waals surface area contributed by atoms with Gasteiger partial charge in [0.15, 0.2) is 4.80 Å². The minimum atomic E-state index is -0.378. The van der Waals surface area contributed by atoms with E-state index in [-0.39, 0.29) is 18.4 Å². The Balaban J connectivity index is 1.83. The van der Waals surface area contributed by atoms with Crippen molar-refractivity contribution in [1.29, 1.82) is 0 Å². The quantitative estimate of drug-likeness (QED) is 0.417. The van der Waals surface area contributed by atoms with E-state index >= 15 is 0 Å². The zero-order valence-electron chi connectivity index (χ0n) is 17.3. The van der Waals surface area contributed by atoms with Crippen molar-refractivity contribution in [2.45, 2.75) is 20.4 Å². The third kappa shape index (κ3) is 4.36. The maximum atomic E-state index is 12.9. The summed E-state index contributed by atoms with van der Waals surface area (Å²) >= 11 is 1.39. The van der Waals surface area contributed by atoms with Crippen LogP contribution in [0.15, 0.2) is 65.7 Å². The molecule has 31 heavy (non-hydrogen) atoms. The molecule has 1 aromatic heterocycles. The summed E-state index contributed by atoms with van der Waals surface area (Å²) in [4.78, 5) is 29.9.